The van der Waals surface area contributed by atoms with E-state index in [9.17, 15) is 0 Å². The van der Waals surface area contributed by atoms with Crippen molar-refractivity contribution in [2.45, 2.75) is 60.4 Å². The summed E-state index contributed by atoms with van der Waals surface area (Å²) in [6.07, 6.45) is 7.00. The van der Waals surface area contributed by atoms with Crippen LogP contribution in [0, 0.1) is 12.8 Å². The molecule has 0 bridgehead atoms. The zero-order valence-electron chi connectivity index (χ0n) is 22.4. The number of rotatable bonds is 8. The highest BCUT2D eigenvalue weighted by molar-refractivity contribution is 5.25. The first-order valence-electron chi connectivity index (χ1n) is 12.1. The molecule has 1 atom stereocenters. The van der Waals surface area contributed by atoms with Gasteiger partial charge in [0.1, 0.15) is 6.79 Å². The Morgan fingerprint density at radius 3 is 2.09 bits per heavy atom. The second kappa shape index (κ2) is 23.2. The lowest BCUT2D eigenvalue weighted by molar-refractivity contribution is -0.0979. The van der Waals surface area contributed by atoms with Crippen LogP contribution in [0.15, 0.2) is 80.3 Å². The van der Waals surface area contributed by atoms with Crippen LogP contribution < -0.4 is 0 Å². The Morgan fingerprint density at radius 2 is 1.59 bits per heavy atom. The number of carbonyl (C=O) groups excluding carboxylic acids is 1. The Morgan fingerprint density at radius 1 is 1.00 bits per heavy atom. The number of nitrogens with one attached hydrogen (secondary N) is 1. The molecule has 0 aliphatic carbocycles. The molecule has 0 aliphatic rings. The number of nitrogens with zero attached hydrogens (tertiary/aromatic N) is 2. The summed E-state index contributed by atoms with van der Waals surface area (Å²) in [5.41, 5.74) is 5.47. The largest absolute Gasteiger partial charge is 0.349 e. The molecule has 2 aromatic carbocycles. The number of imidazole rings is 1. The zero-order chi connectivity index (χ0) is 26.2. The van der Waals surface area contributed by atoms with E-state index < -0.39 is 0 Å². The first kappa shape index (κ1) is 33.2. The summed E-state index contributed by atoms with van der Waals surface area (Å²) in [6.45, 7) is 20.8. The zero-order valence-corrected chi connectivity index (χ0v) is 22.4. The van der Waals surface area contributed by atoms with Gasteiger partial charge in [0.25, 0.3) is 0 Å². The third-order valence-electron chi connectivity index (χ3n) is 5.03. The average Bonchev–Trinajstić information content (AvgIpc) is 3.43. The van der Waals surface area contributed by atoms with E-state index in [1.807, 2.05) is 26.8 Å². The Bertz CT molecular complexity index is 801. The second-order valence-corrected chi connectivity index (χ2v) is 7.68. The van der Waals surface area contributed by atoms with E-state index in [2.05, 4.69) is 110 Å². The molecule has 0 radical (unpaired) electrons. The minimum absolute atomic E-state index is 0.722. The van der Waals surface area contributed by atoms with E-state index in [1.54, 1.807) is 6.33 Å². The minimum Gasteiger partial charge on any atom is -0.349 e. The van der Waals surface area contributed by atoms with E-state index in [0.29, 0.717) is 0 Å². The van der Waals surface area contributed by atoms with Crippen LogP contribution in [-0.2, 0) is 24.2 Å². The van der Waals surface area contributed by atoms with Crippen molar-refractivity contribution in [1.29, 1.82) is 0 Å². The lowest BCUT2D eigenvalue weighted by atomic mass is 10.0. The normalized spacial score (nSPS) is 10.1. The number of hydrogen-bond acceptors (Lipinski definition) is 3. The van der Waals surface area contributed by atoms with Crippen LogP contribution in [0.5, 0.6) is 0 Å². The predicted molar refractivity (Wildman–Crippen MR) is 149 cm³/mol. The summed E-state index contributed by atoms with van der Waals surface area (Å²) < 4.78 is 0. The fraction of sp³-hybridized carbons (Fsp3) is 0.400. The van der Waals surface area contributed by atoms with Crippen molar-refractivity contribution in [3.8, 4) is 0 Å². The summed E-state index contributed by atoms with van der Waals surface area (Å²) in [4.78, 5) is 17.3. The van der Waals surface area contributed by atoms with Gasteiger partial charge in [-0.05, 0) is 55.8 Å². The molecule has 0 saturated carbocycles. The van der Waals surface area contributed by atoms with Gasteiger partial charge in [0, 0.05) is 25.0 Å². The number of benzene rings is 2. The van der Waals surface area contributed by atoms with E-state index >= 15 is 0 Å². The predicted octanol–water partition coefficient (Wildman–Crippen LogP) is 7.31. The summed E-state index contributed by atoms with van der Waals surface area (Å²) in [5, 5.41) is 0. The van der Waals surface area contributed by atoms with Crippen LogP contribution in [0.3, 0.4) is 0 Å². The lowest BCUT2D eigenvalue weighted by Crippen LogP contribution is -2.24. The minimum atomic E-state index is 0.722. The van der Waals surface area contributed by atoms with E-state index in [0.717, 1.165) is 25.4 Å². The number of aromatic nitrogens is 2. The van der Waals surface area contributed by atoms with Crippen LogP contribution in [0.2, 0.25) is 0 Å². The molecule has 188 valence electrons. The van der Waals surface area contributed by atoms with Crippen molar-refractivity contribution in [2.24, 2.45) is 5.92 Å². The van der Waals surface area contributed by atoms with Gasteiger partial charge in [-0.15, -0.1) is 13.2 Å². The van der Waals surface area contributed by atoms with E-state index in [4.69, 9.17) is 4.79 Å². The summed E-state index contributed by atoms with van der Waals surface area (Å²) in [5.74, 6) is 0.722. The molecule has 4 nitrogen and oxygen atoms in total. The van der Waals surface area contributed by atoms with Gasteiger partial charge in [0.2, 0.25) is 0 Å². The Balaban J connectivity index is 0. The standard InChI is InChI=1S/C20H27N.C5H8N2.C2H6.C2H4.CH2O/c1-17(13-14-19-10-5-4-6-11-19)15-21(3)16-20-12-8-7-9-18(20)2;1-2-5-3-6-4-7-5;3*1-2/h4-12,17H,13-16H2,1-3H3;3-4H,2H2,1H3,(H,6,7);1-2H3;1-2H2;1H2. The first-order chi connectivity index (χ1) is 16.6. The van der Waals surface area contributed by atoms with Crippen LogP contribution in [-0.4, -0.2) is 35.2 Å². The van der Waals surface area contributed by atoms with Gasteiger partial charge in [-0.1, -0.05) is 82.3 Å². The molecule has 3 rings (SSSR count). The summed E-state index contributed by atoms with van der Waals surface area (Å²) >= 11 is 0. The molecule has 0 fully saturated rings. The Hall–Kier alpha value is -2.98. The monoisotopic (exact) mass is 465 g/mol. The molecule has 0 spiro atoms. The molecule has 0 amide bonds. The highest BCUT2D eigenvalue weighted by Gasteiger charge is 2.08. The number of aryl methyl sites for hydroxylation is 3. The third kappa shape index (κ3) is 15.8. The third-order valence-corrected chi connectivity index (χ3v) is 5.03. The highest BCUT2D eigenvalue weighted by atomic mass is 16.1. The van der Waals surface area contributed by atoms with Gasteiger partial charge >= 0.3 is 0 Å². The topological polar surface area (TPSA) is 49.0 Å². The van der Waals surface area contributed by atoms with Gasteiger partial charge in [-0.2, -0.15) is 0 Å². The van der Waals surface area contributed by atoms with Crippen molar-refractivity contribution in [2.75, 3.05) is 13.6 Å². The SMILES string of the molecule is C=C.C=O.CC.CCc1cnc[nH]1.Cc1ccccc1CN(C)CC(C)CCc1ccccc1. The van der Waals surface area contributed by atoms with Gasteiger partial charge < -0.3 is 14.7 Å². The molecule has 3 aromatic rings. The smallest absolute Gasteiger partial charge is 0.106 e. The summed E-state index contributed by atoms with van der Waals surface area (Å²) in [6, 6.07) is 19.5. The van der Waals surface area contributed by atoms with Gasteiger partial charge in [0.05, 0.1) is 6.33 Å². The van der Waals surface area contributed by atoms with Gasteiger partial charge in [0.15, 0.2) is 0 Å². The van der Waals surface area contributed by atoms with Crippen LogP contribution in [0.25, 0.3) is 0 Å². The van der Waals surface area contributed by atoms with Gasteiger partial charge in [-0.25, -0.2) is 4.98 Å². The van der Waals surface area contributed by atoms with Crippen LogP contribution >= 0.6 is 0 Å². The molecule has 34 heavy (non-hydrogen) atoms. The first-order valence-corrected chi connectivity index (χ1v) is 12.1. The molecule has 4 heteroatoms. The average molecular weight is 466 g/mol. The van der Waals surface area contributed by atoms with Crippen LogP contribution in [0.1, 0.15) is 56.5 Å². The number of H-pyrrole nitrogens is 1. The Kier molecular flexibility index (Phi) is 22.6. The molecule has 1 heterocycles. The molecule has 0 saturated heterocycles. The van der Waals surface area contributed by atoms with E-state index in [-0.39, 0.29) is 0 Å². The quantitative estimate of drug-likeness (QED) is 0.355. The van der Waals surface area contributed by atoms with E-state index in [1.165, 1.54) is 35.2 Å². The second-order valence-electron chi connectivity index (χ2n) is 7.68. The summed E-state index contributed by atoms with van der Waals surface area (Å²) in [7, 11) is 2.23. The number of hydrogen-bond donors (Lipinski definition) is 1. The van der Waals surface area contributed by atoms with Crippen LogP contribution in [0.4, 0.5) is 0 Å². The molecule has 0 aliphatic heterocycles. The number of aromatic amines is 1. The van der Waals surface area contributed by atoms with Crippen molar-refractivity contribution in [1.82, 2.24) is 14.9 Å². The van der Waals surface area contributed by atoms with Crippen molar-refractivity contribution < 1.29 is 4.79 Å². The Labute approximate surface area is 209 Å². The molecule has 1 unspecified atom stereocenters. The molecule has 1 N–H and O–H groups in total. The lowest BCUT2D eigenvalue weighted by Gasteiger charge is -2.22. The fourth-order valence-corrected chi connectivity index (χ4v) is 3.30. The number of carbonyl (C=O) groups is 1. The molecular formula is C30H47N3O. The maximum atomic E-state index is 8.00. The highest BCUT2D eigenvalue weighted by Crippen LogP contribution is 2.14. The van der Waals surface area contributed by atoms with Gasteiger partial charge in [-0.3, -0.25) is 0 Å². The van der Waals surface area contributed by atoms with Crippen molar-refractivity contribution >= 4 is 6.79 Å². The molecular weight excluding hydrogens is 418 g/mol. The van der Waals surface area contributed by atoms with Crippen molar-refractivity contribution in [3.05, 3.63) is 103 Å². The maximum Gasteiger partial charge on any atom is 0.106 e. The van der Waals surface area contributed by atoms with Crippen molar-refractivity contribution in [3.63, 3.8) is 0 Å². The maximum absolute atomic E-state index is 8.00. The fourth-order valence-electron chi connectivity index (χ4n) is 3.30. The molecule has 1 aromatic heterocycles.